The van der Waals surface area contributed by atoms with Crippen LogP contribution >= 0.6 is 0 Å². The summed E-state index contributed by atoms with van der Waals surface area (Å²) in [6, 6.07) is -3.16. The molecule has 1 aromatic heterocycles. The van der Waals surface area contributed by atoms with E-state index in [-0.39, 0.29) is 19.1 Å². The molecule has 7 N–H and O–H groups in total. The van der Waals surface area contributed by atoms with Crippen LogP contribution in [0.3, 0.4) is 0 Å². The molecule has 0 fully saturated rings. The van der Waals surface area contributed by atoms with Crippen LogP contribution in [0.2, 0.25) is 0 Å². The molecule has 0 spiro atoms. The smallest absolute Gasteiger partial charge is 0.316 e. The largest absolute Gasteiger partial charge is 0.393 e. The Bertz CT molecular complexity index is 619. The SMILES string of the molecule is C.CC(=O)[C@@H](NC(=O)N[C@@H](CC(N)=O)c1nc([C@@H](O)CO)no1)C(C)O. The van der Waals surface area contributed by atoms with Gasteiger partial charge in [0.15, 0.2) is 5.78 Å². The van der Waals surface area contributed by atoms with Crippen molar-refractivity contribution in [1.29, 1.82) is 0 Å². The van der Waals surface area contributed by atoms with Crippen molar-refractivity contribution in [2.24, 2.45) is 5.73 Å². The van der Waals surface area contributed by atoms with Gasteiger partial charge in [0.25, 0.3) is 0 Å². The normalized spacial score (nSPS) is 15.1. The number of hydrogen-bond donors (Lipinski definition) is 6. The monoisotopic (exact) mass is 375 g/mol. The predicted octanol–water partition coefficient (Wildman–Crippen LogP) is -1.71. The lowest BCUT2D eigenvalue weighted by Gasteiger charge is -2.20. The number of primary amides is 1. The standard InChI is InChI=1S/C13H21N5O7.CH4/c1-5(20)10(6(2)21)16-13(24)15-7(3-9(14)23)12-17-11(18-25-12)8(22)4-19;/h5,7-8,10,19-20,22H,3-4H2,1-2H3,(H2,14,23)(H2,15,16,24);1H4/t5?,7-,8-,10-;/m0./s1. The molecule has 0 saturated heterocycles. The molecule has 3 amide bonds. The number of nitrogens with two attached hydrogens (primary N) is 1. The number of aromatic nitrogens is 2. The van der Waals surface area contributed by atoms with Crippen LogP contribution in [-0.2, 0) is 9.59 Å². The fraction of sp³-hybridized carbons (Fsp3) is 0.643. The lowest BCUT2D eigenvalue weighted by molar-refractivity contribution is -0.121. The van der Waals surface area contributed by atoms with Crippen LogP contribution < -0.4 is 16.4 Å². The number of nitrogens with zero attached hydrogens (tertiary/aromatic N) is 2. The Morgan fingerprint density at radius 3 is 2.35 bits per heavy atom. The molecule has 0 aliphatic carbocycles. The maximum Gasteiger partial charge on any atom is 0.316 e. The molecule has 1 rings (SSSR count). The number of rotatable bonds is 9. The van der Waals surface area contributed by atoms with Crippen LogP contribution in [0.15, 0.2) is 4.52 Å². The zero-order valence-corrected chi connectivity index (χ0v) is 13.7. The molecule has 0 aliphatic heterocycles. The van der Waals surface area contributed by atoms with Crippen molar-refractivity contribution in [3.8, 4) is 0 Å². The van der Waals surface area contributed by atoms with E-state index in [0.717, 1.165) is 0 Å². The van der Waals surface area contributed by atoms with Crippen molar-refractivity contribution in [3.05, 3.63) is 11.7 Å². The Labute approximate surface area is 149 Å². The molecule has 148 valence electrons. The minimum absolute atomic E-state index is 0. The maximum atomic E-state index is 12.0. The number of amides is 3. The van der Waals surface area contributed by atoms with Gasteiger partial charge in [0.05, 0.1) is 19.1 Å². The fourth-order valence-corrected chi connectivity index (χ4v) is 1.91. The molecule has 0 radical (unpaired) electrons. The van der Waals surface area contributed by atoms with Gasteiger partial charge in [0.1, 0.15) is 18.2 Å². The maximum absolute atomic E-state index is 12.0. The lowest BCUT2D eigenvalue weighted by Crippen LogP contribution is -2.51. The van der Waals surface area contributed by atoms with E-state index in [1.165, 1.54) is 13.8 Å². The van der Waals surface area contributed by atoms with Crippen LogP contribution in [0.1, 0.15) is 51.6 Å². The summed E-state index contributed by atoms with van der Waals surface area (Å²) in [7, 11) is 0. The summed E-state index contributed by atoms with van der Waals surface area (Å²) in [6.45, 7) is 1.87. The van der Waals surface area contributed by atoms with Gasteiger partial charge in [-0.3, -0.25) is 9.59 Å². The number of carbonyl (C=O) groups is 3. The highest BCUT2D eigenvalue weighted by molar-refractivity contribution is 5.87. The molecule has 0 saturated carbocycles. The summed E-state index contributed by atoms with van der Waals surface area (Å²) in [5.74, 6) is -1.72. The molecule has 4 atom stereocenters. The van der Waals surface area contributed by atoms with Crippen LogP contribution in [0.5, 0.6) is 0 Å². The quantitative estimate of drug-likeness (QED) is 0.290. The fourth-order valence-electron chi connectivity index (χ4n) is 1.91. The number of ketones is 1. The van der Waals surface area contributed by atoms with Crippen molar-refractivity contribution in [2.75, 3.05) is 6.61 Å². The highest BCUT2D eigenvalue weighted by atomic mass is 16.5. The zero-order chi connectivity index (χ0) is 19.1. The highest BCUT2D eigenvalue weighted by Crippen LogP contribution is 2.17. The third-order valence-corrected chi connectivity index (χ3v) is 3.14. The summed E-state index contributed by atoms with van der Waals surface area (Å²) in [4.78, 5) is 38.4. The van der Waals surface area contributed by atoms with E-state index >= 15 is 0 Å². The number of hydrogen-bond acceptors (Lipinski definition) is 9. The van der Waals surface area contributed by atoms with Gasteiger partial charge in [0.2, 0.25) is 17.6 Å². The molecule has 0 aromatic carbocycles. The molecule has 0 bridgehead atoms. The summed E-state index contributed by atoms with van der Waals surface area (Å²) >= 11 is 0. The van der Waals surface area contributed by atoms with Crippen LogP contribution in [0.25, 0.3) is 0 Å². The molecule has 12 heteroatoms. The molecule has 1 aromatic rings. The number of Topliss-reactive ketones (excluding diaryl/α,β-unsaturated/α-hetero) is 1. The Hall–Kier alpha value is -2.57. The third-order valence-electron chi connectivity index (χ3n) is 3.14. The summed E-state index contributed by atoms with van der Waals surface area (Å²) in [6.07, 6.45) is -2.92. The summed E-state index contributed by atoms with van der Waals surface area (Å²) in [5, 5.41) is 35.8. The number of carbonyl (C=O) groups excluding carboxylic acids is 3. The first-order valence-electron chi connectivity index (χ1n) is 7.32. The van der Waals surface area contributed by atoms with E-state index in [4.69, 9.17) is 15.4 Å². The number of nitrogens with one attached hydrogen (secondary N) is 2. The van der Waals surface area contributed by atoms with Crippen LogP contribution in [-0.4, -0.2) is 61.9 Å². The Morgan fingerprint density at radius 2 is 1.88 bits per heavy atom. The van der Waals surface area contributed by atoms with Gasteiger partial charge in [-0.2, -0.15) is 4.98 Å². The van der Waals surface area contributed by atoms with Gasteiger partial charge in [-0.1, -0.05) is 12.6 Å². The summed E-state index contributed by atoms with van der Waals surface area (Å²) in [5.41, 5.74) is 5.11. The lowest BCUT2D eigenvalue weighted by atomic mass is 10.1. The van der Waals surface area contributed by atoms with Gasteiger partial charge in [-0.05, 0) is 13.8 Å². The number of urea groups is 1. The molecule has 1 unspecified atom stereocenters. The van der Waals surface area contributed by atoms with Crippen LogP contribution in [0, 0.1) is 0 Å². The minimum atomic E-state index is -1.39. The second kappa shape index (κ2) is 10.4. The van der Waals surface area contributed by atoms with Crippen LogP contribution in [0.4, 0.5) is 4.79 Å². The topological polar surface area (TPSA) is 201 Å². The number of aliphatic hydroxyl groups excluding tert-OH is 3. The first kappa shape index (κ1) is 23.4. The van der Waals surface area contributed by atoms with Crippen molar-refractivity contribution in [1.82, 2.24) is 20.8 Å². The van der Waals surface area contributed by atoms with Gasteiger partial charge in [0, 0.05) is 0 Å². The van der Waals surface area contributed by atoms with E-state index in [1.54, 1.807) is 0 Å². The highest BCUT2D eigenvalue weighted by Gasteiger charge is 2.27. The minimum Gasteiger partial charge on any atom is -0.393 e. The zero-order valence-electron chi connectivity index (χ0n) is 13.7. The molecule has 1 heterocycles. The molecule has 12 nitrogen and oxygen atoms in total. The Morgan fingerprint density at radius 1 is 1.27 bits per heavy atom. The molecule has 0 aliphatic rings. The van der Waals surface area contributed by atoms with Gasteiger partial charge in [-0.15, -0.1) is 0 Å². The molecular formula is C14H25N5O7. The molecule has 26 heavy (non-hydrogen) atoms. The molecular weight excluding hydrogens is 350 g/mol. The average molecular weight is 375 g/mol. The second-order valence-electron chi connectivity index (χ2n) is 5.36. The summed E-state index contributed by atoms with van der Waals surface area (Å²) < 4.78 is 4.85. The number of aliphatic hydroxyl groups is 3. The van der Waals surface area contributed by atoms with E-state index in [2.05, 4.69) is 20.8 Å². The van der Waals surface area contributed by atoms with E-state index in [9.17, 15) is 24.6 Å². The van der Waals surface area contributed by atoms with Crippen molar-refractivity contribution in [2.45, 2.75) is 52.0 Å². The predicted molar refractivity (Wildman–Crippen MR) is 87.4 cm³/mol. The van der Waals surface area contributed by atoms with E-state index < -0.39 is 55.0 Å². The van der Waals surface area contributed by atoms with Crippen molar-refractivity contribution in [3.63, 3.8) is 0 Å². The Balaban J connectivity index is 0.00000625. The first-order chi connectivity index (χ1) is 11.6. The van der Waals surface area contributed by atoms with Crippen molar-refractivity contribution >= 4 is 17.7 Å². The van der Waals surface area contributed by atoms with E-state index in [0.29, 0.717) is 0 Å². The van der Waals surface area contributed by atoms with Crippen molar-refractivity contribution < 1.29 is 34.2 Å². The second-order valence-corrected chi connectivity index (χ2v) is 5.36. The van der Waals surface area contributed by atoms with Gasteiger partial charge < -0.3 is 36.2 Å². The Kier molecular flexibility index (Phi) is 9.40. The van der Waals surface area contributed by atoms with E-state index in [1.807, 2.05) is 0 Å². The first-order valence-corrected chi connectivity index (χ1v) is 7.32. The van der Waals surface area contributed by atoms with Gasteiger partial charge >= 0.3 is 6.03 Å². The third kappa shape index (κ3) is 6.74. The van der Waals surface area contributed by atoms with Gasteiger partial charge in [-0.25, -0.2) is 4.79 Å². The average Bonchev–Trinajstić information content (AvgIpc) is 3.00.